The summed E-state index contributed by atoms with van der Waals surface area (Å²) in [6.07, 6.45) is 6.01. The lowest BCUT2D eigenvalue weighted by Gasteiger charge is -2.46. The highest BCUT2D eigenvalue weighted by Gasteiger charge is 2.41. The van der Waals surface area contributed by atoms with Crippen LogP contribution in [-0.2, 0) is 5.41 Å². The third-order valence-electron chi connectivity index (χ3n) is 5.97. The predicted molar refractivity (Wildman–Crippen MR) is 95.5 cm³/mol. The number of fused-ring (bicyclic) bond motifs is 2. The van der Waals surface area contributed by atoms with E-state index in [0.717, 1.165) is 6.42 Å². The number of piperidine rings is 1. The van der Waals surface area contributed by atoms with Crippen LogP contribution in [0.2, 0.25) is 0 Å². The van der Waals surface area contributed by atoms with Crippen LogP contribution in [0, 0.1) is 16.7 Å². The molecule has 0 aromatic heterocycles. The molecule has 1 atom stereocenters. The minimum atomic E-state index is 0.107. The third kappa shape index (κ3) is 3.45. The van der Waals surface area contributed by atoms with Crippen LogP contribution in [0.25, 0.3) is 0 Å². The molecule has 1 unspecified atom stereocenters. The molecule has 1 fully saturated rings. The van der Waals surface area contributed by atoms with Crippen LogP contribution in [0.1, 0.15) is 69.9 Å². The summed E-state index contributed by atoms with van der Waals surface area (Å²) in [7, 11) is 0. The van der Waals surface area contributed by atoms with Crippen LogP contribution >= 0.6 is 0 Å². The fourth-order valence-corrected chi connectivity index (χ4v) is 4.35. The number of benzene rings is 1. The van der Waals surface area contributed by atoms with E-state index in [1.807, 2.05) is 0 Å². The van der Waals surface area contributed by atoms with Crippen molar-refractivity contribution in [3.8, 4) is 6.07 Å². The van der Waals surface area contributed by atoms with E-state index >= 15 is 0 Å². The number of rotatable bonds is 2. The minimum absolute atomic E-state index is 0.107. The largest absolute Gasteiger partial charge is 0.303 e. The highest BCUT2D eigenvalue weighted by Crippen LogP contribution is 2.48. The second-order valence-corrected chi connectivity index (χ2v) is 8.74. The summed E-state index contributed by atoms with van der Waals surface area (Å²) in [5.74, 6) is 0.107. The summed E-state index contributed by atoms with van der Waals surface area (Å²) in [5, 5.41) is 9.45. The van der Waals surface area contributed by atoms with E-state index in [9.17, 15) is 5.26 Å². The molecule has 0 radical (unpaired) electrons. The normalized spacial score (nSPS) is 24.2. The number of nitriles is 1. The first-order valence-electron chi connectivity index (χ1n) is 9.15. The maximum atomic E-state index is 9.45. The van der Waals surface area contributed by atoms with Crippen LogP contribution in [-0.4, -0.2) is 24.5 Å². The Balaban J connectivity index is 1.72. The maximum Gasteiger partial charge on any atom is 0.0715 e. The Morgan fingerprint density at radius 1 is 1.17 bits per heavy atom. The lowest BCUT2D eigenvalue weighted by Crippen LogP contribution is -2.45. The molecule has 0 saturated carbocycles. The van der Waals surface area contributed by atoms with Gasteiger partial charge >= 0.3 is 0 Å². The van der Waals surface area contributed by atoms with Gasteiger partial charge < -0.3 is 4.90 Å². The molecule has 0 bridgehead atoms. The van der Waals surface area contributed by atoms with Gasteiger partial charge in [-0.1, -0.05) is 45.0 Å². The van der Waals surface area contributed by atoms with Gasteiger partial charge in [0, 0.05) is 0 Å². The van der Waals surface area contributed by atoms with E-state index < -0.39 is 0 Å². The lowest BCUT2D eigenvalue weighted by molar-refractivity contribution is 0.130. The molecule has 2 aliphatic rings. The zero-order chi connectivity index (χ0) is 16.5. The molecule has 1 aliphatic carbocycles. The Bertz CT molecular complexity index is 583. The second-order valence-electron chi connectivity index (χ2n) is 8.74. The molecular weight excluding hydrogens is 280 g/mol. The van der Waals surface area contributed by atoms with Crippen molar-refractivity contribution in [2.75, 3.05) is 19.6 Å². The molecule has 1 aliphatic heterocycles. The molecule has 2 heteroatoms. The van der Waals surface area contributed by atoms with Crippen molar-refractivity contribution in [3.05, 3.63) is 35.4 Å². The highest BCUT2D eigenvalue weighted by atomic mass is 15.1. The fraction of sp³-hybridized carbons (Fsp3) is 0.667. The molecule has 1 aromatic rings. The molecule has 1 saturated heterocycles. The standard InChI is InChI=1S/C21H30N2/c1-20(2,3)10-13-23-14-11-21(12-15-23)9-8-17(16-22)18-6-4-5-7-19(18)21/h4-7,17H,8-15H2,1-3H3. The number of hydrogen-bond donors (Lipinski definition) is 0. The van der Waals surface area contributed by atoms with Crippen LogP contribution in [0.3, 0.4) is 0 Å². The van der Waals surface area contributed by atoms with Crippen molar-refractivity contribution in [1.82, 2.24) is 4.90 Å². The minimum Gasteiger partial charge on any atom is -0.303 e. The second kappa shape index (κ2) is 6.29. The van der Waals surface area contributed by atoms with Crippen molar-refractivity contribution in [1.29, 1.82) is 5.26 Å². The molecule has 124 valence electrons. The van der Waals surface area contributed by atoms with Gasteiger partial charge in [-0.15, -0.1) is 0 Å². The molecule has 1 heterocycles. The third-order valence-corrected chi connectivity index (χ3v) is 5.97. The quantitative estimate of drug-likeness (QED) is 0.780. The fourth-order valence-electron chi connectivity index (χ4n) is 4.35. The van der Waals surface area contributed by atoms with Crippen molar-refractivity contribution in [3.63, 3.8) is 0 Å². The van der Waals surface area contributed by atoms with Gasteiger partial charge in [0.15, 0.2) is 0 Å². The average Bonchev–Trinajstić information content (AvgIpc) is 2.54. The summed E-state index contributed by atoms with van der Waals surface area (Å²) >= 11 is 0. The predicted octanol–water partition coefficient (Wildman–Crippen LogP) is 4.86. The summed E-state index contributed by atoms with van der Waals surface area (Å²) in [4.78, 5) is 2.65. The highest BCUT2D eigenvalue weighted by molar-refractivity contribution is 5.42. The van der Waals surface area contributed by atoms with Crippen molar-refractivity contribution < 1.29 is 0 Å². The first kappa shape index (κ1) is 16.5. The van der Waals surface area contributed by atoms with Gasteiger partial charge in [0.1, 0.15) is 0 Å². The van der Waals surface area contributed by atoms with Crippen molar-refractivity contribution in [2.45, 2.75) is 64.2 Å². The van der Waals surface area contributed by atoms with Gasteiger partial charge in [0.2, 0.25) is 0 Å². The first-order chi connectivity index (χ1) is 10.9. The first-order valence-corrected chi connectivity index (χ1v) is 9.15. The zero-order valence-corrected chi connectivity index (χ0v) is 14.9. The summed E-state index contributed by atoms with van der Waals surface area (Å²) in [6.45, 7) is 10.6. The molecule has 0 N–H and O–H groups in total. The smallest absolute Gasteiger partial charge is 0.0715 e. The van der Waals surface area contributed by atoms with Crippen LogP contribution < -0.4 is 0 Å². The van der Waals surface area contributed by atoms with Gasteiger partial charge in [0.05, 0.1) is 12.0 Å². The van der Waals surface area contributed by atoms with E-state index in [2.05, 4.69) is 56.0 Å². The molecule has 1 spiro atoms. The van der Waals surface area contributed by atoms with Crippen molar-refractivity contribution in [2.24, 2.45) is 5.41 Å². The van der Waals surface area contributed by atoms with Crippen LogP contribution in [0.15, 0.2) is 24.3 Å². The Labute approximate surface area is 141 Å². The maximum absolute atomic E-state index is 9.45. The van der Waals surface area contributed by atoms with Gasteiger partial charge in [-0.05, 0) is 73.7 Å². The van der Waals surface area contributed by atoms with Gasteiger partial charge in [0.25, 0.3) is 0 Å². The van der Waals surface area contributed by atoms with Crippen molar-refractivity contribution >= 4 is 0 Å². The lowest BCUT2D eigenvalue weighted by atomic mass is 9.62. The van der Waals surface area contributed by atoms with Gasteiger partial charge in [-0.2, -0.15) is 5.26 Å². The van der Waals surface area contributed by atoms with E-state index in [-0.39, 0.29) is 5.92 Å². The monoisotopic (exact) mass is 310 g/mol. The van der Waals surface area contributed by atoms with E-state index in [0.29, 0.717) is 10.8 Å². The zero-order valence-electron chi connectivity index (χ0n) is 14.9. The Morgan fingerprint density at radius 3 is 2.52 bits per heavy atom. The molecule has 0 amide bonds. The Hall–Kier alpha value is -1.33. The Morgan fingerprint density at radius 2 is 1.87 bits per heavy atom. The number of nitrogens with zero attached hydrogens (tertiary/aromatic N) is 2. The molecule has 3 rings (SSSR count). The molecule has 2 nitrogen and oxygen atoms in total. The van der Waals surface area contributed by atoms with Gasteiger partial charge in [-0.3, -0.25) is 0 Å². The summed E-state index contributed by atoms with van der Waals surface area (Å²) < 4.78 is 0. The van der Waals surface area contributed by atoms with E-state index in [1.54, 1.807) is 0 Å². The summed E-state index contributed by atoms with van der Waals surface area (Å²) in [6, 6.07) is 11.3. The SMILES string of the molecule is CC(C)(C)CCN1CCC2(CCC(C#N)c3ccccc32)CC1. The van der Waals surface area contributed by atoms with Crippen LogP contribution in [0.4, 0.5) is 0 Å². The van der Waals surface area contributed by atoms with Gasteiger partial charge in [-0.25, -0.2) is 0 Å². The molecule has 23 heavy (non-hydrogen) atoms. The summed E-state index contributed by atoms with van der Waals surface area (Å²) in [5.41, 5.74) is 3.55. The number of hydrogen-bond acceptors (Lipinski definition) is 2. The topological polar surface area (TPSA) is 27.0 Å². The molecular formula is C21H30N2. The number of likely N-dealkylation sites (tertiary alicyclic amines) is 1. The van der Waals surface area contributed by atoms with E-state index in [4.69, 9.17) is 0 Å². The molecule has 1 aromatic carbocycles. The van der Waals surface area contributed by atoms with E-state index in [1.165, 1.54) is 56.4 Å². The average molecular weight is 310 g/mol. The Kier molecular flexibility index (Phi) is 4.52. The van der Waals surface area contributed by atoms with Crippen LogP contribution in [0.5, 0.6) is 0 Å².